The van der Waals surface area contributed by atoms with Crippen LogP contribution in [0.25, 0.3) is 10.9 Å². The predicted octanol–water partition coefficient (Wildman–Crippen LogP) is 4.35. The van der Waals surface area contributed by atoms with E-state index < -0.39 is 0 Å². The van der Waals surface area contributed by atoms with E-state index in [1.165, 1.54) is 5.56 Å². The summed E-state index contributed by atoms with van der Waals surface area (Å²) in [6, 6.07) is 12.2. The summed E-state index contributed by atoms with van der Waals surface area (Å²) in [7, 11) is 0. The van der Waals surface area contributed by atoms with Crippen molar-refractivity contribution in [2.45, 2.75) is 13.5 Å². The van der Waals surface area contributed by atoms with Crippen molar-refractivity contribution in [3.8, 4) is 0 Å². The van der Waals surface area contributed by atoms with Crippen LogP contribution >= 0.6 is 22.6 Å². The van der Waals surface area contributed by atoms with Crippen LogP contribution in [0, 0.1) is 10.7 Å². The highest BCUT2D eigenvalue weighted by atomic mass is 127. The minimum absolute atomic E-state index is 0.677. The van der Waals surface area contributed by atoms with Gasteiger partial charge >= 0.3 is 0 Å². The second kappa shape index (κ2) is 5.21. The molecule has 0 aliphatic rings. The molecular formula is C15H13IN2O. The van der Waals surface area contributed by atoms with Crippen LogP contribution in [0.4, 0.5) is 5.69 Å². The number of fused-ring (bicyclic) bond motifs is 1. The second-order valence-electron chi connectivity index (χ2n) is 4.39. The highest BCUT2D eigenvalue weighted by molar-refractivity contribution is 14.1. The fourth-order valence-corrected chi connectivity index (χ4v) is 2.56. The van der Waals surface area contributed by atoms with Gasteiger partial charge in [0.2, 0.25) is 0 Å². The molecule has 0 saturated heterocycles. The Bertz CT molecular complexity index is 721. The molecule has 0 spiro atoms. The molecule has 3 nitrogen and oxygen atoms in total. The Hall–Kier alpha value is -1.56. The third kappa shape index (κ3) is 2.58. The molecular weight excluding hydrogens is 351 g/mol. The molecule has 0 fully saturated rings. The Morgan fingerprint density at radius 2 is 2.11 bits per heavy atom. The van der Waals surface area contributed by atoms with E-state index >= 15 is 0 Å². The number of pyridine rings is 1. The lowest BCUT2D eigenvalue weighted by atomic mass is 10.1. The largest absolute Gasteiger partial charge is 0.454 e. The number of furan rings is 1. The van der Waals surface area contributed by atoms with Crippen LogP contribution in [0.1, 0.15) is 11.3 Å². The summed E-state index contributed by atoms with van der Waals surface area (Å²) >= 11 is 2.17. The molecule has 2 heterocycles. The maximum absolute atomic E-state index is 5.55. The van der Waals surface area contributed by atoms with Gasteiger partial charge < -0.3 is 9.73 Å². The van der Waals surface area contributed by atoms with Crippen molar-refractivity contribution in [2.24, 2.45) is 0 Å². The average Bonchev–Trinajstić information content (AvgIpc) is 2.84. The molecule has 0 aliphatic carbocycles. The standard InChI is InChI=1S/C15H13IN2O/c1-10-4-6-13(12-3-2-8-17-15(10)12)18-9-11-5-7-14(16)19-11/h2-8,18H,9H2,1H3. The molecule has 1 aromatic carbocycles. The Labute approximate surface area is 125 Å². The molecule has 0 aliphatic heterocycles. The summed E-state index contributed by atoms with van der Waals surface area (Å²) < 4.78 is 6.46. The van der Waals surface area contributed by atoms with E-state index in [1.54, 1.807) is 0 Å². The first-order valence-corrected chi connectivity index (χ1v) is 7.14. The van der Waals surface area contributed by atoms with E-state index in [0.29, 0.717) is 6.54 Å². The van der Waals surface area contributed by atoms with Crippen LogP contribution in [0.15, 0.2) is 47.0 Å². The maximum Gasteiger partial charge on any atom is 0.164 e. The molecule has 3 rings (SSSR count). The lowest BCUT2D eigenvalue weighted by Crippen LogP contribution is -1.99. The Balaban J connectivity index is 1.91. The van der Waals surface area contributed by atoms with Gasteiger partial charge in [0, 0.05) is 17.3 Å². The van der Waals surface area contributed by atoms with E-state index in [-0.39, 0.29) is 0 Å². The molecule has 19 heavy (non-hydrogen) atoms. The Kier molecular flexibility index (Phi) is 3.42. The molecule has 0 unspecified atom stereocenters. The summed E-state index contributed by atoms with van der Waals surface area (Å²) in [5, 5.41) is 4.55. The van der Waals surface area contributed by atoms with Crippen molar-refractivity contribution >= 4 is 39.2 Å². The minimum atomic E-state index is 0.677. The van der Waals surface area contributed by atoms with Gasteiger partial charge in [-0.25, -0.2) is 0 Å². The number of halogens is 1. The van der Waals surface area contributed by atoms with Crippen molar-refractivity contribution in [3.05, 3.63) is 57.7 Å². The number of rotatable bonds is 3. The average molecular weight is 364 g/mol. The molecule has 0 bridgehead atoms. The van der Waals surface area contributed by atoms with Crippen LogP contribution in [-0.4, -0.2) is 4.98 Å². The van der Waals surface area contributed by atoms with Gasteiger partial charge in [-0.3, -0.25) is 4.98 Å². The number of aromatic nitrogens is 1. The number of anilines is 1. The van der Waals surface area contributed by atoms with E-state index in [2.05, 4.69) is 58.0 Å². The normalized spacial score (nSPS) is 10.8. The zero-order chi connectivity index (χ0) is 13.2. The fraction of sp³-hybridized carbons (Fsp3) is 0.133. The van der Waals surface area contributed by atoms with Gasteiger partial charge in [0.05, 0.1) is 12.1 Å². The third-order valence-electron chi connectivity index (χ3n) is 3.05. The van der Waals surface area contributed by atoms with Gasteiger partial charge in [-0.05, 0) is 65.4 Å². The first-order valence-electron chi connectivity index (χ1n) is 6.06. The van der Waals surface area contributed by atoms with Crippen molar-refractivity contribution in [2.75, 3.05) is 5.32 Å². The molecule has 3 aromatic rings. The fourth-order valence-electron chi connectivity index (χ4n) is 2.10. The van der Waals surface area contributed by atoms with Crippen LogP contribution in [0.3, 0.4) is 0 Å². The lowest BCUT2D eigenvalue weighted by molar-refractivity contribution is 0.493. The summed E-state index contributed by atoms with van der Waals surface area (Å²) in [4.78, 5) is 4.44. The summed E-state index contributed by atoms with van der Waals surface area (Å²) in [6.07, 6.45) is 1.83. The van der Waals surface area contributed by atoms with Crippen molar-refractivity contribution in [1.82, 2.24) is 4.98 Å². The molecule has 0 amide bonds. The van der Waals surface area contributed by atoms with Gasteiger partial charge in [0.25, 0.3) is 0 Å². The van der Waals surface area contributed by atoms with Gasteiger partial charge in [0.1, 0.15) is 5.76 Å². The Morgan fingerprint density at radius 1 is 1.21 bits per heavy atom. The van der Waals surface area contributed by atoms with E-state index in [1.807, 2.05) is 24.4 Å². The van der Waals surface area contributed by atoms with Gasteiger partial charge in [-0.1, -0.05) is 6.07 Å². The zero-order valence-electron chi connectivity index (χ0n) is 10.5. The number of nitrogens with one attached hydrogen (secondary N) is 1. The summed E-state index contributed by atoms with van der Waals surface area (Å²) in [6.45, 7) is 2.75. The first-order chi connectivity index (χ1) is 9.24. The maximum atomic E-state index is 5.55. The van der Waals surface area contributed by atoms with Crippen molar-refractivity contribution < 1.29 is 4.42 Å². The Morgan fingerprint density at radius 3 is 2.89 bits per heavy atom. The minimum Gasteiger partial charge on any atom is -0.454 e. The molecule has 4 heteroatoms. The van der Waals surface area contributed by atoms with Gasteiger partial charge in [-0.15, -0.1) is 0 Å². The number of aryl methyl sites for hydroxylation is 1. The number of nitrogens with zero attached hydrogens (tertiary/aromatic N) is 1. The highest BCUT2D eigenvalue weighted by Gasteiger charge is 2.05. The third-order valence-corrected chi connectivity index (χ3v) is 3.63. The van der Waals surface area contributed by atoms with E-state index in [9.17, 15) is 0 Å². The highest BCUT2D eigenvalue weighted by Crippen LogP contribution is 2.25. The predicted molar refractivity (Wildman–Crippen MR) is 85.2 cm³/mol. The number of hydrogen-bond acceptors (Lipinski definition) is 3. The molecule has 1 N–H and O–H groups in total. The molecule has 96 valence electrons. The smallest absolute Gasteiger partial charge is 0.164 e. The molecule has 0 atom stereocenters. The van der Waals surface area contributed by atoms with Crippen molar-refractivity contribution in [1.29, 1.82) is 0 Å². The monoisotopic (exact) mass is 364 g/mol. The lowest BCUT2D eigenvalue weighted by Gasteiger charge is -2.09. The zero-order valence-corrected chi connectivity index (χ0v) is 12.6. The van der Waals surface area contributed by atoms with Crippen LogP contribution in [0.2, 0.25) is 0 Å². The SMILES string of the molecule is Cc1ccc(NCc2ccc(I)o2)c2cccnc12. The van der Waals surface area contributed by atoms with E-state index in [0.717, 1.165) is 26.1 Å². The topological polar surface area (TPSA) is 38.1 Å². The van der Waals surface area contributed by atoms with Gasteiger partial charge in [0.15, 0.2) is 3.77 Å². The second-order valence-corrected chi connectivity index (χ2v) is 5.45. The van der Waals surface area contributed by atoms with Crippen LogP contribution in [-0.2, 0) is 6.54 Å². The molecule has 2 aromatic heterocycles. The number of benzene rings is 1. The van der Waals surface area contributed by atoms with Crippen LogP contribution < -0.4 is 5.32 Å². The quantitative estimate of drug-likeness (QED) is 0.702. The van der Waals surface area contributed by atoms with Crippen LogP contribution in [0.5, 0.6) is 0 Å². The summed E-state index contributed by atoms with van der Waals surface area (Å²) in [5.74, 6) is 0.932. The molecule has 0 saturated carbocycles. The molecule has 0 radical (unpaired) electrons. The van der Waals surface area contributed by atoms with Crippen molar-refractivity contribution in [3.63, 3.8) is 0 Å². The summed E-state index contributed by atoms with van der Waals surface area (Å²) in [5.41, 5.74) is 3.32. The number of hydrogen-bond donors (Lipinski definition) is 1. The van der Waals surface area contributed by atoms with Gasteiger partial charge in [-0.2, -0.15) is 0 Å². The first kappa shape index (κ1) is 12.5. The van der Waals surface area contributed by atoms with E-state index in [4.69, 9.17) is 4.42 Å².